The summed E-state index contributed by atoms with van der Waals surface area (Å²) in [6, 6.07) is 3.73. The Labute approximate surface area is 171 Å². The van der Waals surface area contributed by atoms with E-state index >= 15 is 0 Å². The third-order valence-electron chi connectivity index (χ3n) is 4.21. The van der Waals surface area contributed by atoms with E-state index in [1.54, 1.807) is 32.7 Å². The lowest BCUT2D eigenvalue weighted by Gasteiger charge is -2.16. The molecule has 0 aliphatic rings. The molecule has 1 aromatic carbocycles. The summed E-state index contributed by atoms with van der Waals surface area (Å²) >= 11 is 1.69. The molecule has 0 aliphatic heterocycles. The van der Waals surface area contributed by atoms with Crippen molar-refractivity contribution in [2.24, 2.45) is 4.99 Å². The Morgan fingerprint density at radius 1 is 1.07 bits per heavy atom. The van der Waals surface area contributed by atoms with Gasteiger partial charge in [-0.2, -0.15) is 0 Å². The van der Waals surface area contributed by atoms with Crippen LogP contribution in [0.15, 0.2) is 17.1 Å². The van der Waals surface area contributed by atoms with Gasteiger partial charge in [-0.15, -0.1) is 11.3 Å². The molecule has 7 nitrogen and oxygen atoms in total. The van der Waals surface area contributed by atoms with Crippen molar-refractivity contribution in [3.05, 3.63) is 33.3 Å². The number of rotatable bonds is 9. The van der Waals surface area contributed by atoms with E-state index in [0.29, 0.717) is 18.8 Å². The molecule has 0 atom stereocenters. The Morgan fingerprint density at radius 3 is 2.25 bits per heavy atom. The molecule has 0 unspecified atom stereocenters. The number of methoxy groups -OCH3 is 3. The number of nitrogens with one attached hydrogen (secondary N) is 2. The highest BCUT2D eigenvalue weighted by atomic mass is 32.1. The average Bonchev–Trinajstić information content (AvgIpc) is 3.02. The molecule has 1 aromatic heterocycles. The Kier molecular flexibility index (Phi) is 8.38. The summed E-state index contributed by atoms with van der Waals surface area (Å²) in [7, 11) is 4.92. The van der Waals surface area contributed by atoms with Gasteiger partial charge in [-0.25, -0.2) is 9.98 Å². The molecule has 0 aliphatic carbocycles. The van der Waals surface area contributed by atoms with E-state index in [-0.39, 0.29) is 0 Å². The van der Waals surface area contributed by atoms with E-state index in [0.717, 1.165) is 46.7 Å². The topological polar surface area (TPSA) is 77.0 Å². The minimum Gasteiger partial charge on any atom is -0.496 e. The van der Waals surface area contributed by atoms with Crippen LogP contribution < -0.4 is 24.8 Å². The first-order chi connectivity index (χ1) is 13.5. The molecule has 2 aromatic rings. The third-order valence-corrected chi connectivity index (χ3v) is 5.27. The summed E-state index contributed by atoms with van der Waals surface area (Å²) in [5.74, 6) is 2.97. The number of aryl methyl sites for hydroxylation is 2. The number of guanidine groups is 1. The molecule has 28 heavy (non-hydrogen) atoms. The first-order valence-corrected chi connectivity index (χ1v) is 10.1. The number of hydrogen-bond donors (Lipinski definition) is 2. The largest absolute Gasteiger partial charge is 0.496 e. The molecule has 2 rings (SSSR count). The molecule has 0 saturated carbocycles. The Morgan fingerprint density at radius 2 is 1.75 bits per heavy atom. The number of aromatic nitrogens is 1. The second kappa shape index (κ2) is 10.8. The van der Waals surface area contributed by atoms with E-state index < -0.39 is 0 Å². The number of benzene rings is 1. The maximum absolute atomic E-state index is 5.52. The summed E-state index contributed by atoms with van der Waals surface area (Å²) in [4.78, 5) is 10.3. The van der Waals surface area contributed by atoms with E-state index in [1.807, 2.05) is 26.0 Å². The zero-order valence-corrected chi connectivity index (χ0v) is 18.3. The molecule has 0 bridgehead atoms. The van der Waals surface area contributed by atoms with Crippen LogP contribution in [0.5, 0.6) is 17.2 Å². The average molecular weight is 407 g/mol. The number of hydrogen-bond acceptors (Lipinski definition) is 6. The SMILES string of the molecule is CCNC(=NCc1sc(C)nc1C)NCCc1c(OC)cc(OC)cc1OC. The first-order valence-electron chi connectivity index (χ1n) is 9.26. The van der Waals surface area contributed by atoms with Crippen LogP contribution in [0.1, 0.15) is 28.1 Å². The summed E-state index contributed by atoms with van der Waals surface area (Å²) in [6.45, 7) is 8.19. The van der Waals surface area contributed by atoms with Gasteiger partial charge < -0.3 is 24.8 Å². The van der Waals surface area contributed by atoms with Gasteiger partial charge in [0.05, 0.1) is 38.6 Å². The fourth-order valence-corrected chi connectivity index (χ4v) is 3.70. The molecule has 2 N–H and O–H groups in total. The molecule has 0 fully saturated rings. The minimum absolute atomic E-state index is 0.613. The van der Waals surface area contributed by atoms with Crippen LogP contribution in [0.25, 0.3) is 0 Å². The molecule has 8 heteroatoms. The van der Waals surface area contributed by atoms with Gasteiger partial charge in [-0.1, -0.05) is 0 Å². The predicted octanol–water partition coefficient (Wildman–Crippen LogP) is 3.08. The second-order valence-corrected chi connectivity index (χ2v) is 7.41. The van der Waals surface area contributed by atoms with Gasteiger partial charge >= 0.3 is 0 Å². The fraction of sp³-hybridized carbons (Fsp3) is 0.500. The molecular formula is C20H30N4O3S. The molecule has 0 saturated heterocycles. The van der Waals surface area contributed by atoms with Gasteiger partial charge in [0.15, 0.2) is 5.96 Å². The van der Waals surface area contributed by atoms with Gasteiger partial charge in [0.25, 0.3) is 0 Å². The van der Waals surface area contributed by atoms with Crippen LogP contribution in [0, 0.1) is 13.8 Å². The molecular weight excluding hydrogens is 376 g/mol. The van der Waals surface area contributed by atoms with Crippen LogP contribution in [0.3, 0.4) is 0 Å². The number of nitrogens with zero attached hydrogens (tertiary/aromatic N) is 2. The van der Waals surface area contributed by atoms with E-state index in [9.17, 15) is 0 Å². The van der Waals surface area contributed by atoms with Crippen molar-refractivity contribution in [3.8, 4) is 17.2 Å². The standard InChI is InChI=1S/C20H30N4O3S/c1-7-21-20(23-12-19-13(2)24-14(3)28-19)22-9-8-16-17(26-5)10-15(25-4)11-18(16)27-6/h10-11H,7-9,12H2,1-6H3,(H2,21,22,23). The van der Waals surface area contributed by atoms with Crippen molar-refractivity contribution in [2.45, 2.75) is 33.7 Å². The van der Waals surface area contributed by atoms with E-state index in [1.165, 1.54) is 4.88 Å². The third kappa shape index (κ3) is 5.76. The van der Waals surface area contributed by atoms with Gasteiger partial charge in [0, 0.05) is 35.7 Å². The molecule has 0 radical (unpaired) electrons. The maximum atomic E-state index is 5.52. The van der Waals surface area contributed by atoms with Crippen LogP contribution in [-0.2, 0) is 13.0 Å². The summed E-state index contributed by atoms with van der Waals surface area (Å²) in [5, 5.41) is 7.73. The molecule has 1 heterocycles. The molecule has 0 spiro atoms. The molecule has 0 amide bonds. The van der Waals surface area contributed by atoms with Crippen molar-refractivity contribution >= 4 is 17.3 Å². The van der Waals surface area contributed by atoms with Gasteiger partial charge in [0.2, 0.25) is 0 Å². The van der Waals surface area contributed by atoms with Crippen LogP contribution in [-0.4, -0.2) is 45.4 Å². The Balaban J connectivity index is 2.06. The van der Waals surface area contributed by atoms with E-state index in [4.69, 9.17) is 14.2 Å². The zero-order chi connectivity index (χ0) is 20.5. The quantitative estimate of drug-likeness (QED) is 0.492. The lowest BCUT2D eigenvalue weighted by molar-refractivity contribution is 0.368. The van der Waals surface area contributed by atoms with Crippen LogP contribution in [0.4, 0.5) is 0 Å². The van der Waals surface area contributed by atoms with Crippen molar-refractivity contribution in [2.75, 3.05) is 34.4 Å². The highest BCUT2D eigenvalue weighted by Gasteiger charge is 2.13. The summed E-state index contributed by atoms with van der Waals surface area (Å²) in [5.41, 5.74) is 2.04. The molecule has 154 valence electrons. The van der Waals surface area contributed by atoms with Crippen LogP contribution in [0.2, 0.25) is 0 Å². The normalized spacial score (nSPS) is 11.3. The van der Waals surface area contributed by atoms with Crippen molar-refractivity contribution in [1.82, 2.24) is 15.6 Å². The Bertz CT molecular complexity index is 780. The number of aliphatic imine (C=N–C) groups is 1. The fourth-order valence-electron chi connectivity index (χ4n) is 2.84. The lowest BCUT2D eigenvalue weighted by Crippen LogP contribution is -2.38. The van der Waals surface area contributed by atoms with E-state index in [2.05, 4.69) is 27.5 Å². The Hall–Kier alpha value is -2.48. The van der Waals surface area contributed by atoms with Gasteiger partial charge in [-0.3, -0.25) is 0 Å². The summed E-state index contributed by atoms with van der Waals surface area (Å²) in [6.07, 6.45) is 0.722. The van der Waals surface area contributed by atoms with Crippen molar-refractivity contribution in [3.63, 3.8) is 0 Å². The first kappa shape index (κ1) is 21.8. The highest BCUT2D eigenvalue weighted by molar-refractivity contribution is 7.11. The second-order valence-electron chi connectivity index (χ2n) is 6.12. The number of ether oxygens (including phenoxy) is 3. The lowest BCUT2D eigenvalue weighted by atomic mass is 10.1. The van der Waals surface area contributed by atoms with Crippen LogP contribution >= 0.6 is 11.3 Å². The summed E-state index contributed by atoms with van der Waals surface area (Å²) < 4.78 is 16.3. The van der Waals surface area contributed by atoms with Gasteiger partial charge in [0.1, 0.15) is 17.2 Å². The maximum Gasteiger partial charge on any atom is 0.191 e. The highest BCUT2D eigenvalue weighted by Crippen LogP contribution is 2.34. The number of thiazole rings is 1. The smallest absolute Gasteiger partial charge is 0.191 e. The minimum atomic E-state index is 0.613. The van der Waals surface area contributed by atoms with Crippen molar-refractivity contribution in [1.29, 1.82) is 0 Å². The van der Waals surface area contributed by atoms with Crippen molar-refractivity contribution < 1.29 is 14.2 Å². The van der Waals surface area contributed by atoms with Gasteiger partial charge in [-0.05, 0) is 27.2 Å². The zero-order valence-electron chi connectivity index (χ0n) is 17.5. The monoisotopic (exact) mass is 406 g/mol. The predicted molar refractivity (Wildman–Crippen MR) is 114 cm³/mol.